The molecule has 6 heteroatoms. The molecule has 1 saturated carbocycles. The van der Waals surface area contributed by atoms with Crippen molar-refractivity contribution in [1.82, 2.24) is 5.16 Å². The van der Waals surface area contributed by atoms with Crippen LogP contribution in [0.3, 0.4) is 0 Å². The molecule has 0 aromatic carbocycles. The number of carboxylic acids is 1. The van der Waals surface area contributed by atoms with Gasteiger partial charge < -0.3 is 14.9 Å². The van der Waals surface area contributed by atoms with E-state index >= 15 is 0 Å². The average Bonchev–Trinajstić information content (AvgIpc) is 2.74. The Bertz CT molecular complexity index is 455. The molecule has 0 spiro atoms. The molecule has 2 rings (SSSR count). The number of amides is 1. The van der Waals surface area contributed by atoms with Gasteiger partial charge in [-0.15, -0.1) is 0 Å². The summed E-state index contributed by atoms with van der Waals surface area (Å²) in [6, 6.07) is 1.61. The highest BCUT2D eigenvalue weighted by molar-refractivity contribution is 5.94. The van der Waals surface area contributed by atoms with Gasteiger partial charge in [-0.2, -0.15) is 0 Å². The average molecular weight is 252 g/mol. The van der Waals surface area contributed by atoms with Crippen molar-refractivity contribution in [2.45, 2.75) is 32.6 Å². The predicted molar refractivity (Wildman–Crippen MR) is 63.0 cm³/mol. The first-order valence-corrected chi connectivity index (χ1v) is 6.05. The topological polar surface area (TPSA) is 92.4 Å². The van der Waals surface area contributed by atoms with Gasteiger partial charge in [-0.1, -0.05) is 18.0 Å². The molecule has 0 saturated heterocycles. The fourth-order valence-electron chi connectivity index (χ4n) is 2.38. The van der Waals surface area contributed by atoms with Crippen molar-refractivity contribution in [2.24, 2.45) is 11.8 Å². The van der Waals surface area contributed by atoms with Gasteiger partial charge in [0.05, 0.1) is 11.8 Å². The zero-order valence-corrected chi connectivity index (χ0v) is 10.2. The molecule has 0 unspecified atom stereocenters. The Kier molecular flexibility index (Phi) is 3.64. The predicted octanol–water partition coefficient (Wildman–Crippen LogP) is 1.81. The van der Waals surface area contributed by atoms with Crippen molar-refractivity contribution in [3.63, 3.8) is 0 Å². The number of hydrogen-bond acceptors (Lipinski definition) is 4. The number of nitrogens with zero attached hydrogens (tertiary/aromatic N) is 1. The lowest BCUT2D eigenvalue weighted by molar-refractivity contribution is -0.147. The second-order valence-electron chi connectivity index (χ2n) is 4.65. The molecule has 1 aliphatic rings. The minimum absolute atomic E-state index is 0.282. The van der Waals surface area contributed by atoms with Gasteiger partial charge >= 0.3 is 5.97 Å². The van der Waals surface area contributed by atoms with Crippen molar-refractivity contribution >= 4 is 17.7 Å². The molecule has 18 heavy (non-hydrogen) atoms. The zero-order chi connectivity index (χ0) is 13.1. The summed E-state index contributed by atoms with van der Waals surface area (Å²) < 4.78 is 4.85. The summed E-state index contributed by atoms with van der Waals surface area (Å²) in [5.74, 6) is -1.31. The number of carbonyl (C=O) groups is 2. The maximum Gasteiger partial charge on any atom is 0.307 e. The summed E-state index contributed by atoms with van der Waals surface area (Å²) >= 11 is 0. The van der Waals surface area contributed by atoms with E-state index in [4.69, 9.17) is 9.63 Å². The van der Waals surface area contributed by atoms with E-state index in [9.17, 15) is 9.59 Å². The third-order valence-corrected chi connectivity index (χ3v) is 3.30. The number of hydrogen-bond donors (Lipinski definition) is 2. The van der Waals surface area contributed by atoms with Crippen molar-refractivity contribution < 1.29 is 19.2 Å². The summed E-state index contributed by atoms with van der Waals surface area (Å²) in [6.07, 6.45) is 2.93. The lowest BCUT2D eigenvalue weighted by Crippen LogP contribution is -2.36. The monoisotopic (exact) mass is 252 g/mol. The Morgan fingerprint density at radius 3 is 2.61 bits per heavy atom. The van der Waals surface area contributed by atoms with E-state index in [-0.39, 0.29) is 5.91 Å². The zero-order valence-electron chi connectivity index (χ0n) is 10.2. The van der Waals surface area contributed by atoms with E-state index in [2.05, 4.69) is 10.5 Å². The normalized spacial score (nSPS) is 23.6. The van der Waals surface area contributed by atoms with Gasteiger partial charge in [-0.05, 0) is 19.8 Å². The van der Waals surface area contributed by atoms with Gasteiger partial charge in [0.1, 0.15) is 5.76 Å². The SMILES string of the molecule is Cc1cc(NC(=O)[C@@H]2CCCC[C@H]2C(=O)O)no1. The Hall–Kier alpha value is -1.85. The van der Waals surface area contributed by atoms with Gasteiger partial charge in [0.25, 0.3) is 0 Å². The molecular formula is C12H16N2O4. The summed E-state index contributed by atoms with van der Waals surface area (Å²) in [4.78, 5) is 23.1. The Morgan fingerprint density at radius 1 is 1.39 bits per heavy atom. The van der Waals surface area contributed by atoms with Gasteiger partial charge in [0.15, 0.2) is 5.82 Å². The van der Waals surface area contributed by atoms with Crippen LogP contribution in [0.15, 0.2) is 10.6 Å². The maximum atomic E-state index is 12.0. The molecule has 6 nitrogen and oxygen atoms in total. The van der Waals surface area contributed by atoms with Crippen molar-refractivity contribution in [1.29, 1.82) is 0 Å². The van der Waals surface area contributed by atoms with Crippen LogP contribution >= 0.6 is 0 Å². The smallest absolute Gasteiger partial charge is 0.307 e. The molecule has 1 aromatic rings. The first-order chi connectivity index (χ1) is 8.58. The summed E-state index contributed by atoms with van der Waals surface area (Å²) in [7, 11) is 0. The Labute approximate surface area is 104 Å². The van der Waals surface area contributed by atoms with Crippen LogP contribution in [-0.2, 0) is 9.59 Å². The molecule has 1 heterocycles. The van der Waals surface area contributed by atoms with Gasteiger partial charge in [0, 0.05) is 6.07 Å². The lowest BCUT2D eigenvalue weighted by Gasteiger charge is -2.26. The maximum absolute atomic E-state index is 12.0. The van der Waals surface area contributed by atoms with Crippen LogP contribution in [0.4, 0.5) is 5.82 Å². The van der Waals surface area contributed by atoms with Crippen LogP contribution in [0.2, 0.25) is 0 Å². The molecule has 0 radical (unpaired) electrons. The van der Waals surface area contributed by atoms with Crippen LogP contribution in [0.5, 0.6) is 0 Å². The number of anilines is 1. The molecule has 98 valence electrons. The lowest BCUT2D eigenvalue weighted by atomic mass is 9.79. The minimum atomic E-state index is -0.897. The van der Waals surface area contributed by atoms with Crippen LogP contribution < -0.4 is 5.32 Å². The van der Waals surface area contributed by atoms with E-state index in [0.29, 0.717) is 24.4 Å². The summed E-state index contributed by atoms with van der Waals surface area (Å²) in [6.45, 7) is 1.73. The Morgan fingerprint density at radius 2 is 2.06 bits per heavy atom. The van der Waals surface area contributed by atoms with Crippen molar-refractivity contribution in [3.8, 4) is 0 Å². The van der Waals surface area contributed by atoms with E-state index < -0.39 is 17.8 Å². The first kappa shape index (κ1) is 12.6. The second kappa shape index (κ2) is 5.20. The quantitative estimate of drug-likeness (QED) is 0.855. The number of rotatable bonds is 3. The minimum Gasteiger partial charge on any atom is -0.481 e. The standard InChI is InChI=1S/C12H16N2O4/c1-7-6-10(14-18-7)13-11(15)8-4-2-3-5-9(8)12(16)17/h6,8-9H,2-5H2,1H3,(H,16,17)(H,13,14,15)/t8-,9-/m1/s1. The highest BCUT2D eigenvalue weighted by Gasteiger charge is 2.35. The number of aliphatic carboxylic acids is 1. The van der Waals surface area contributed by atoms with Crippen molar-refractivity contribution in [2.75, 3.05) is 5.32 Å². The van der Waals surface area contributed by atoms with E-state index in [1.54, 1.807) is 13.0 Å². The van der Waals surface area contributed by atoms with Gasteiger partial charge in [0.2, 0.25) is 5.91 Å². The summed E-state index contributed by atoms with van der Waals surface area (Å²) in [5, 5.41) is 15.4. The Balaban J connectivity index is 2.04. The van der Waals surface area contributed by atoms with Gasteiger partial charge in [-0.25, -0.2) is 0 Å². The van der Waals surface area contributed by atoms with E-state index in [1.807, 2.05) is 0 Å². The number of carboxylic acid groups (broad SMARTS) is 1. The van der Waals surface area contributed by atoms with Crippen LogP contribution in [0.1, 0.15) is 31.4 Å². The fraction of sp³-hybridized carbons (Fsp3) is 0.583. The highest BCUT2D eigenvalue weighted by Crippen LogP contribution is 2.31. The van der Waals surface area contributed by atoms with Crippen LogP contribution in [-0.4, -0.2) is 22.1 Å². The number of carbonyl (C=O) groups excluding carboxylic acids is 1. The van der Waals surface area contributed by atoms with Crippen LogP contribution in [0, 0.1) is 18.8 Å². The highest BCUT2D eigenvalue weighted by atomic mass is 16.5. The largest absolute Gasteiger partial charge is 0.481 e. The fourth-order valence-corrected chi connectivity index (χ4v) is 2.38. The molecule has 1 aromatic heterocycles. The molecule has 2 atom stereocenters. The number of aromatic nitrogens is 1. The third kappa shape index (κ3) is 2.69. The van der Waals surface area contributed by atoms with E-state index in [1.165, 1.54) is 0 Å². The molecule has 2 N–H and O–H groups in total. The summed E-state index contributed by atoms with van der Waals surface area (Å²) in [5.41, 5.74) is 0. The molecule has 1 fully saturated rings. The molecule has 1 amide bonds. The number of aryl methyl sites for hydroxylation is 1. The van der Waals surface area contributed by atoms with Crippen LogP contribution in [0.25, 0.3) is 0 Å². The van der Waals surface area contributed by atoms with Gasteiger partial charge in [-0.3, -0.25) is 9.59 Å². The molecule has 0 bridgehead atoms. The second-order valence-corrected chi connectivity index (χ2v) is 4.65. The number of nitrogens with one attached hydrogen (secondary N) is 1. The molecule has 1 aliphatic carbocycles. The molecule has 0 aliphatic heterocycles. The molecular weight excluding hydrogens is 236 g/mol. The third-order valence-electron chi connectivity index (χ3n) is 3.30. The first-order valence-electron chi connectivity index (χ1n) is 6.05. The van der Waals surface area contributed by atoms with Crippen molar-refractivity contribution in [3.05, 3.63) is 11.8 Å². The van der Waals surface area contributed by atoms with E-state index in [0.717, 1.165) is 12.8 Å².